The molecule has 0 radical (unpaired) electrons. The van der Waals surface area contributed by atoms with E-state index in [1.54, 1.807) is 0 Å². The molecule has 1 fully saturated rings. The summed E-state index contributed by atoms with van der Waals surface area (Å²) in [7, 11) is 0. The molecular weight excluding hydrogens is 266 g/mol. The third-order valence-electron chi connectivity index (χ3n) is 4.02. The summed E-state index contributed by atoms with van der Waals surface area (Å²) in [6.07, 6.45) is 2.63. The fourth-order valence-corrected chi connectivity index (χ4v) is 2.65. The third-order valence-corrected chi connectivity index (χ3v) is 4.02. The molecule has 5 nitrogen and oxygen atoms in total. The number of hydrogen-bond donors (Lipinski definition) is 2. The fourth-order valence-electron chi connectivity index (χ4n) is 2.65. The van der Waals surface area contributed by atoms with Crippen molar-refractivity contribution in [1.82, 2.24) is 4.90 Å². The molecule has 1 amide bonds. The Bertz CT molecular complexity index is 439. The minimum absolute atomic E-state index is 0.0530. The lowest BCUT2D eigenvalue weighted by Crippen LogP contribution is -2.40. The molecular formula is C16H25N3O2. The van der Waals surface area contributed by atoms with Gasteiger partial charge in [-0.1, -0.05) is 12.1 Å². The molecule has 116 valence electrons. The van der Waals surface area contributed by atoms with Gasteiger partial charge in [-0.3, -0.25) is 9.69 Å². The Morgan fingerprint density at radius 2 is 1.90 bits per heavy atom. The monoisotopic (exact) mass is 291 g/mol. The van der Waals surface area contributed by atoms with Crippen molar-refractivity contribution in [2.75, 3.05) is 32.8 Å². The van der Waals surface area contributed by atoms with E-state index < -0.39 is 0 Å². The van der Waals surface area contributed by atoms with E-state index in [-0.39, 0.29) is 11.8 Å². The van der Waals surface area contributed by atoms with E-state index in [9.17, 15) is 4.79 Å². The highest BCUT2D eigenvalue weighted by atomic mass is 16.5. The van der Waals surface area contributed by atoms with Crippen molar-refractivity contribution in [3.8, 4) is 5.75 Å². The number of benzene rings is 1. The van der Waals surface area contributed by atoms with Crippen LogP contribution < -0.4 is 16.2 Å². The number of rotatable bonds is 7. The van der Waals surface area contributed by atoms with E-state index in [1.165, 1.54) is 5.56 Å². The molecule has 0 spiro atoms. The van der Waals surface area contributed by atoms with Gasteiger partial charge in [-0.05, 0) is 56.6 Å². The Balaban J connectivity index is 1.66. The second kappa shape index (κ2) is 8.00. The van der Waals surface area contributed by atoms with E-state index in [0.717, 1.165) is 44.6 Å². The van der Waals surface area contributed by atoms with Crippen molar-refractivity contribution in [3.05, 3.63) is 29.8 Å². The zero-order chi connectivity index (χ0) is 15.1. The lowest BCUT2D eigenvalue weighted by molar-refractivity contribution is -0.123. The largest absolute Gasteiger partial charge is 0.492 e. The topological polar surface area (TPSA) is 81.6 Å². The first-order chi connectivity index (χ1) is 10.2. The Hall–Kier alpha value is -1.59. The minimum Gasteiger partial charge on any atom is -0.492 e. The molecule has 1 aromatic rings. The van der Waals surface area contributed by atoms with Crippen LogP contribution in [0, 0.1) is 5.92 Å². The van der Waals surface area contributed by atoms with Crippen LogP contribution in [0.5, 0.6) is 5.75 Å². The van der Waals surface area contributed by atoms with E-state index in [4.69, 9.17) is 16.2 Å². The molecule has 1 heterocycles. The lowest BCUT2D eigenvalue weighted by Gasteiger charge is -2.30. The summed E-state index contributed by atoms with van der Waals surface area (Å²) in [6, 6.07) is 8.09. The van der Waals surface area contributed by atoms with Crippen LogP contribution in [-0.2, 0) is 11.2 Å². The van der Waals surface area contributed by atoms with Gasteiger partial charge >= 0.3 is 0 Å². The van der Waals surface area contributed by atoms with Gasteiger partial charge < -0.3 is 16.2 Å². The average molecular weight is 291 g/mol. The van der Waals surface area contributed by atoms with Gasteiger partial charge in [0, 0.05) is 12.5 Å². The highest BCUT2D eigenvalue weighted by molar-refractivity contribution is 5.76. The highest BCUT2D eigenvalue weighted by Crippen LogP contribution is 2.17. The summed E-state index contributed by atoms with van der Waals surface area (Å²) in [5, 5.41) is 0. The van der Waals surface area contributed by atoms with Crippen LogP contribution >= 0.6 is 0 Å². The minimum atomic E-state index is -0.163. The predicted octanol–water partition coefficient (Wildman–Crippen LogP) is 0.764. The highest BCUT2D eigenvalue weighted by Gasteiger charge is 2.22. The van der Waals surface area contributed by atoms with Crippen molar-refractivity contribution < 1.29 is 9.53 Å². The number of ether oxygens (including phenoxy) is 1. The van der Waals surface area contributed by atoms with E-state index in [1.807, 2.05) is 12.1 Å². The summed E-state index contributed by atoms with van der Waals surface area (Å²) in [6.45, 7) is 4.06. The molecule has 0 atom stereocenters. The second-order valence-electron chi connectivity index (χ2n) is 5.55. The Morgan fingerprint density at radius 3 is 2.48 bits per heavy atom. The number of carbonyl (C=O) groups is 1. The number of likely N-dealkylation sites (tertiary alicyclic amines) is 1. The van der Waals surface area contributed by atoms with E-state index >= 15 is 0 Å². The first-order valence-electron chi connectivity index (χ1n) is 7.62. The SMILES string of the molecule is NCCc1ccc(OCCN2CCC(C(N)=O)CC2)cc1. The molecule has 0 unspecified atom stereocenters. The number of primary amides is 1. The molecule has 0 aliphatic carbocycles. The van der Waals surface area contributed by atoms with Crippen molar-refractivity contribution in [2.45, 2.75) is 19.3 Å². The first-order valence-corrected chi connectivity index (χ1v) is 7.62. The molecule has 1 aliphatic rings. The Morgan fingerprint density at radius 1 is 1.24 bits per heavy atom. The average Bonchev–Trinajstić information content (AvgIpc) is 2.50. The van der Waals surface area contributed by atoms with Crippen LogP contribution in [0.3, 0.4) is 0 Å². The zero-order valence-electron chi connectivity index (χ0n) is 12.5. The van der Waals surface area contributed by atoms with Crippen LogP contribution in [-0.4, -0.2) is 43.6 Å². The molecule has 0 saturated carbocycles. The summed E-state index contributed by atoms with van der Waals surface area (Å²) in [5.74, 6) is 0.781. The summed E-state index contributed by atoms with van der Waals surface area (Å²) in [5.41, 5.74) is 12.1. The number of nitrogens with two attached hydrogens (primary N) is 2. The zero-order valence-corrected chi connectivity index (χ0v) is 12.5. The number of hydrogen-bond acceptors (Lipinski definition) is 4. The van der Waals surface area contributed by atoms with Gasteiger partial charge in [-0.25, -0.2) is 0 Å². The standard InChI is InChI=1S/C16H25N3O2/c17-8-5-13-1-3-15(4-2-13)21-12-11-19-9-6-14(7-10-19)16(18)20/h1-4,14H,5-12,17H2,(H2,18,20). The van der Waals surface area contributed by atoms with Crippen LogP contribution in [0.1, 0.15) is 18.4 Å². The van der Waals surface area contributed by atoms with Gasteiger partial charge in [-0.2, -0.15) is 0 Å². The molecule has 0 aromatic heterocycles. The second-order valence-corrected chi connectivity index (χ2v) is 5.55. The smallest absolute Gasteiger partial charge is 0.220 e. The fraction of sp³-hybridized carbons (Fsp3) is 0.562. The molecule has 4 N–H and O–H groups in total. The molecule has 1 saturated heterocycles. The van der Waals surface area contributed by atoms with Gasteiger partial charge in [0.05, 0.1) is 0 Å². The molecule has 21 heavy (non-hydrogen) atoms. The molecule has 2 rings (SSSR count). The van der Waals surface area contributed by atoms with Crippen LogP contribution in [0.2, 0.25) is 0 Å². The maximum absolute atomic E-state index is 11.1. The van der Waals surface area contributed by atoms with Crippen molar-refractivity contribution in [3.63, 3.8) is 0 Å². The van der Waals surface area contributed by atoms with Crippen molar-refractivity contribution >= 4 is 5.91 Å². The van der Waals surface area contributed by atoms with E-state index in [0.29, 0.717) is 13.2 Å². The first kappa shape index (κ1) is 15.8. The maximum atomic E-state index is 11.1. The van der Waals surface area contributed by atoms with Gasteiger partial charge in [-0.15, -0.1) is 0 Å². The van der Waals surface area contributed by atoms with Gasteiger partial charge in [0.2, 0.25) is 5.91 Å². The quantitative estimate of drug-likeness (QED) is 0.777. The normalized spacial score (nSPS) is 16.8. The molecule has 0 bridgehead atoms. The lowest BCUT2D eigenvalue weighted by atomic mass is 9.96. The maximum Gasteiger partial charge on any atom is 0.220 e. The van der Waals surface area contributed by atoms with Crippen molar-refractivity contribution in [1.29, 1.82) is 0 Å². The third kappa shape index (κ3) is 5.02. The molecule has 1 aliphatic heterocycles. The number of nitrogens with zero attached hydrogens (tertiary/aromatic N) is 1. The van der Waals surface area contributed by atoms with Gasteiger partial charge in [0.15, 0.2) is 0 Å². The van der Waals surface area contributed by atoms with Crippen LogP contribution in [0.15, 0.2) is 24.3 Å². The number of amides is 1. The van der Waals surface area contributed by atoms with Crippen molar-refractivity contribution in [2.24, 2.45) is 17.4 Å². The van der Waals surface area contributed by atoms with Gasteiger partial charge in [0.25, 0.3) is 0 Å². The Labute approximate surface area is 126 Å². The summed E-state index contributed by atoms with van der Waals surface area (Å²) >= 11 is 0. The summed E-state index contributed by atoms with van der Waals surface area (Å²) in [4.78, 5) is 13.4. The molecule has 5 heteroatoms. The Kier molecular flexibility index (Phi) is 6.02. The van der Waals surface area contributed by atoms with Crippen LogP contribution in [0.4, 0.5) is 0 Å². The summed E-state index contributed by atoms with van der Waals surface area (Å²) < 4.78 is 5.75. The van der Waals surface area contributed by atoms with Gasteiger partial charge in [0.1, 0.15) is 12.4 Å². The predicted molar refractivity (Wildman–Crippen MR) is 83.1 cm³/mol. The van der Waals surface area contributed by atoms with E-state index in [2.05, 4.69) is 17.0 Å². The molecule has 1 aromatic carbocycles. The number of piperidine rings is 1. The number of carbonyl (C=O) groups excluding carboxylic acids is 1. The van der Waals surface area contributed by atoms with Crippen LogP contribution in [0.25, 0.3) is 0 Å².